The van der Waals surface area contributed by atoms with Gasteiger partial charge in [-0.05, 0) is 66.2 Å². The normalized spacial score (nSPS) is 17.2. The number of benzene rings is 1. The maximum Gasteiger partial charge on any atom is 0.303 e. The molecule has 0 saturated heterocycles. The highest BCUT2D eigenvalue weighted by atomic mass is 35.5. The number of carbonyl (C=O) groups is 1. The highest BCUT2D eigenvalue weighted by Gasteiger charge is 2.36. The van der Waals surface area contributed by atoms with Crippen molar-refractivity contribution in [3.63, 3.8) is 0 Å². The SMILES string of the molecule is COc1ccc(F)c(-n2ncc(COc3cc(C(CC(=O)O)C4CC4)c(Cl)cn3)c2C2=CCCC2(C)C)c1. The maximum atomic E-state index is 15.0. The van der Waals surface area contributed by atoms with Gasteiger partial charge in [-0.15, -0.1) is 0 Å². The molecule has 1 N–H and O–H groups in total. The summed E-state index contributed by atoms with van der Waals surface area (Å²) < 4.78 is 28.1. The van der Waals surface area contributed by atoms with Crippen molar-refractivity contribution in [1.29, 1.82) is 0 Å². The third-order valence-corrected chi connectivity index (χ3v) is 7.86. The number of nitrogens with zero attached hydrogens (tertiary/aromatic N) is 3. The van der Waals surface area contributed by atoms with Crippen LogP contribution < -0.4 is 9.47 Å². The summed E-state index contributed by atoms with van der Waals surface area (Å²) in [5.41, 5.74) is 3.57. The average Bonchev–Trinajstić information content (AvgIpc) is 3.55. The molecule has 2 aromatic heterocycles. The number of allylic oxidation sites excluding steroid dienone is 2. The molecule has 9 heteroatoms. The van der Waals surface area contributed by atoms with Crippen molar-refractivity contribution >= 4 is 23.1 Å². The molecule has 2 aliphatic rings. The Bertz CT molecular complexity index is 1400. The molecule has 2 heterocycles. The lowest BCUT2D eigenvalue weighted by molar-refractivity contribution is -0.137. The van der Waals surface area contributed by atoms with Gasteiger partial charge in [0.05, 0.1) is 30.4 Å². The highest BCUT2D eigenvalue weighted by molar-refractivity contribution is 6.31. The molecule has 5 rings (SSSR count). The van der Waals surface area contributed by atoms with E-state index in [0.29, 0.717) is 28.3 Å². The first kappa shape index (κ1) is 26.2. The number of halogens is 2. The summed E-state index contributed by atoms with van der Waals surface area (Å²) in [6.07, 6.45) is 9.27. The largest absolute Gasteiger partial charge is 0.497 e. The number of hydrogen-bond acceptors (Lipinski definition) is 5. The van der Waals surface area contributed by atoms with E-state index in [0.717, 1.165) is 48.1 Å². The molecule has 0 aliphatic heterocycles. The molecule has 0 bridgehead atoms. The lowest BCUT2D eigenvalue weighted by Gasteiger charge is -2.24. The van der Waals surface area contributed by atoms with Crippen LogP contribution in [0.5, 0.6) is 11.6 Å². The van der Waals surface area contributed by atoms with Gasteiger partial charge in [-0.2, -0.15) is 5.10 Å². The third kappa shape index (κ3) is 5.27. The summed E-state index contributed by atoms with van der Waals surface area (Å²) in [6, 6.07) is 6.33. The van der Waals surface area contributed by atoms with Crippen LogP contribution in [0.2, 0.25) is 5.02 Å². The third-order valence-electron chi connectivity index (χ3n) is 7.55. The molecular weight excluding hydrogens is 509 g/mol. The van der Waals surface area contributed by atoms with Gasteiger partial charge in [0.2, 0.25) is 5.88 Å². The second-order valence-electron chi connectivity index (χ2n) is 10.7. The summed E-state index contributed by atoms with van der Waals surface area (Å²) in [4.78, 5) is 15.8. The van der Waals surface area contributed by atoms with Crippen LogP contribution >= 0.6 is 11.6 Å². The Labute approximate surface area is 226 Å². The Balaban J connectivity index is 1.49. The quantitative estimate of drug-likeness (QED) is 0.304. The first-order chi connectivity index (χ1) is 18.2. The van der Waals surface area contributed by atoms with Crippen molar-refractivity contribution in [3.8, 4) is 17.3 Å². The molecule has 1 aromatic carbocycles. The van der Waals surface area contributed by atoms with Crippen LogP contribution in [-0.2, 0) is 11.4 Å². The number of rotatable bonds is 10. The van der Waals surface area contributed by atoms with Gasteiger partial charge >= 0.3 is 5.97 Å². The summed E-state index contributed by atoms with van der Waals surface area (Å²) in [6.45, 7) is 4.49. The van der Waals surface area contributed by atoms with E-state index < -0.39 is 11.8 Å². The Kier molecular flexibility index (Phi) is 7.18. The van der Waals surface area contributed by atoms with Crippen LogP contribution in [0, 0.1) is 17.2 Å². The van der Waals surface area contributed by atoms with E-state index in [2.05, 4.69) is 30.0 Å². The van der Waals surface area contributed by atoms with Gasteiger partial charge in [-0.1, -0.05) is 31.5 Å². The van der Waals surface area contributed by atoms with Gasteiger partial charge in [-0.3, -0.25) is 4.79 Å². The predicted octanol–water partition coefficient (Wildman–Crippen LogP) is 6.82. The van der Waals surface area contributed by atoms with E-state index >= 15 is 0 Å². The zero-order valence-corrected chi connectivity index (χ0v) is 22.5. The van der Waals surface area contributed by atoms with Crippen LogP contribution in [0.25, 0.3) is 11.3 Å². The van der Waals surface area contributed by atoms with E-state index in [1.807, 2.05) is 0 Å². The molecule has 1 unspecified atom stereocenters. The van der Waals surface area contributed by atoms with Gasteiger partial charge in [-0.25, -0.2) is 14.1 Å². The molecule has 0 spiro atoms. The van der Waals surface area contributed by atoms with Crippen LogP contribution in [-0.4, -0.2) is 33.0 Å². The first-order valence-corrected chi connectivity index (χ1v) is 13.2. The fourth-order valence-corrected chi connectivity index (χ4v) is 5.55. The number of methoxy groups -OCH3 is 1. The maximum absolute atomic E-state index is 15.0. The number of ether oxygens (including phenoxy) is 2. The van der Waals surface area contributed by atoms with Crippen LogP contribution in [0.3, 0.4) is 0 Å². The van der Waals surface area contributed by atoms with Gasteiger partial charge in [0.15, 0.2) is 0 Å². The summed E-state index contributed by atoms with van der Waals surface area (Å²) in [5.74, 6) is -0.252. The zero-order chi connectivity index (χ0) is 27.0. The average molecular weight is 540 g/mol. The molecule has 1 saturated carbocycles. The van der Waals surface area contributed by atoms with E-state index in [-0.39, 0.29) is 24.4 Å². The van der Waals surface area contributed by atoms with Crippen molar-refractivity contribution in [2.45, 2.75) is 58.5 Å². The molecule has 7 nitrogen and oxygen atoms in total. The minimum atomic E-state index is -0.855. The van der Waals surface area contributed by atoms with Gasteiger partial charge in [0.1, 0.15) is 23.9 Å². The monoisotopic (exact) mass is 539 g/mol. The van der Waals surface area contributed by atoms with E-state index in [1.54, 1.807) is 36.2 Å². The molecule has 1 fully saturated rings. The van der Waals surface area contributed by atoms with Crippen molar-refractivity contribution in [2.24, 2.45) is 11.3 Å². The number of carboxylic acids is 1. The van der Waals surface area contributed by atoms with Gasteiger partial charge in [0.25, 0.3) is 0 Å². The van der Waals surface area contributed by atoms with Crippen molar-refractivity contribution in [2.75, 3.05) is 7.11 Å². The Hall–Kier alpha value is -3.39. The van der Waals surface area contributed by atoms with E-state index in [4.69, 9.17) is 21.1 Å². The lowest BCUT2D eigenvalue weighted by atomic mass is 9.83. The predicted molar refractivity (Wildman–Crippen MR) is 142 cm³/mol. The Morgan fingerprint density at radius 2 is 2.08 bits per heavy atom. The summed E-state index contributed by atoms with van der Waals surface area (Å²) >= 11 is 6.44. The number of pyridine rings is 1. The van der Waals surface area contributed by atoms with E-state index in [1.165, 1.54) is 12.3 Å². The number of aliphatic carboxylic acids is 1. The first-order valence-electron chi connectivity index (χ1n) is 12.8. The molecule has 2 aliphatic carbocycles. The van der Waals surface area contributed by atoms with Crippen molar-refractivity contribution in [1.82, 2.24) is 14.8 Å². The van der Waals surface area contributed by atoms with Crippen LogP contribution in [0.1, 0.15) is 68.7 Å². The molecule has 3 aromatic rings. The number of carboxylic acid groups (broad SMARTS) is 1. The molecule has 0 amide bonds. The van der Waals surface area contributed by atoms with Gasteiger partial charge < -0.3 is 14.6 Å². The molecule has 1 atom stereocenters. The van der Waals surface area contributed by atoms with E-state index in [9.17, 15) is 14.3 Å². The minimum absolute atomic E-state index is 0.0140. The Morgan fingerprint density at radius 1 is 1.29 bits per heavy atom. The van der Waals surface area contributed by atoms with Crippen LogP contribution in [0.4, 0.5) is 4.39 Å². The fraction of sp³-hybridized carbons (Fsp3) is 0.414. The second-order valence-corrected chi connectivity index (χ2v) is 11.1. The minimum Gasteiger partial charge on any atom is -0.497 e. The molecule has 200 valence electrons. The van der Waals surface area contributed by atoms with Crippen molar-refractivity contribution < 1.29 is 23.8 Å². The molecule has 38 heavy (non-hydrogen) atoms. The highest BCUT2D eigenvalue weighted by Crippen LogP contribution is 2.47. The smallest absolute Gasteiger partial charge is 0.303 e. The second kappa shape index (κ2) is 10.4. The molecule has 0 radical (unpaired) electrons. The standard InChI is InChI=1S/C29H31ClFN3O4/c1-29(2)10-4-5-22(29)28-18(14-33-34(28)25-11-19(37-3)8-9-24(25)31)16-38-26-12-21(23(30)15-32-26)20(13-27(35)36)17-6-7-17/h5,8-9,11-12,14-15,17,20H,4,6-7,10,13,16H2,1-3H3,(H,35,36). The summed E-state index contributed by atoms with van der Waals surface area (Å²) in [5, 5.41) is 14.4. The number of hydrogen-bond donors (Lipinski definition) is 1. The van der Waals surface area contributed by atoms with Crippen molar-refractivity contribution in [3.05, 3.63) is 70.4 Å². The topological polar surface area (TPSA) is 86.5 Å². The molecular formula is C29H31ClFN3O4. The zero-order valence-electron chi connectivity index (χ0n) is 21.7. The van der Waals surface area contributed by atoms with Crippen LogP contribution in [0.15, 0.2) is 42.7 Å². The fourth-order valence-electron chi connectivity index (χ4n) is 5.31. The number of aromatic nitrogens is 3. The van der Waals surface area contributed by atoms with Gasteiger partial charge in [0, 0.05) is 23.9 Å². The summed E-state index contributed by atoms with van der Waals surface area (Å²) in [7, 11) is 1.54. The lowest BCUT2D eigenvalue weighted by Crippen LogP contribution is -2.15. The Morgan fingerprint density at radius 3 is 2.74 bits per heavy atom.